The molecule has 1 aromatic carbocycles. The third-order valence-corrected chi connectivity index (χ3v) is 6.59. The molecule has 0 unspecified atom stereocenters. The molecule has 0 bridgehead atoms. The van der Waals surface area contributed by atoms with Gasteiger partial charge in [-0.1, -0.05) is 30.0 Å². The van der Waals surface area contributed by atoms with Crippen LogP contribution >= 0.6 is 11.8 Å². The van der Waals surface area contributed by atoms with E-state index in [2.05, 4.69) is 24.6 Å². The Morgan fingerprint density at radius 3 is 2.90 bits per heavy atom. The molecule has 2 saturated heterocycles. The number of benzene rings is 1. The average molecular weight is 428 g/mol. The van der Waals surface area contributed by atoms with Crippen LogP contribution in [-0.2, 0) is 16.0 Å². The molecule has 2 fully saturated rings. The van der Waals surface area contributed by atoms with Crippen LogP contribution in [0.3, 0.4) is 0 Å². The van der Waals surface area contributed by atoms with Crippen molar-refractivity contribution in [3.05, 3.63) is 36.0 Å². The predicted octanol–water partition coefficient (Wildman–Crippen LogP) is 2.75. The van der Waals surface area contributed by atoms with E-state index in [1.165, 1.54) is 11.8 Å². The molecule has 8 nitrogen and oxygen atoms in total. The van der Waals surface area contributed by atoms with Crippen molar-refractivity contribution in [2.24, 2.45) is 0 Å². The van der Waals surface area contributed by atoms with Crippen LogP contribution in [0.1, 0.15) is 23.2 Å². The number of carbonyl (C=O) groups is 1. The van der Waals surface area contributed by atoms with Gasteiger partial charge in [-0.25, -0.2) is 0 Å². The third-order valence-electron chi connectivity index (χ3n) is 5.62. The van der Waals surface area contributed by atoms with Gasteiger partial charge in [0.1, 0.15) is 0 Å². The number of aromatic amines is 1. The van der Waals surface area contributed by atoms with Gasteiger partial charge in [0.25, 0.3) is 0 Å². The van der Waals surface area contributed by atoms with Crippen LogP contribution in [0.4, 0.5) is 5.95 Å². The van der Waals surface area contributed by atoms with Crippen LogP contribution in [0.5, 0.6) is 0 Å². The molecule has 1 atom stereocenters. The number of hydrogen-bond acceptors (Lipinski definition) is 7. The Hall–Kier alpha value is -2.36. The molecule has 0 aliphatic carbocycles. The SMILES string of the molecule is O=C(CSc1nnc(N2CCOCC2)n1C[C@@H]1CCCO1)c1c[nH]c2ccccc12. The van der Waals surface area contributed by atoms with Gasteiger partial charge in [0.05, 0.1) is 31.6 Å². The Morgan fingerprint density at radius 1 is 1.20 bits per heavy atom. The summed E-state index contributed by atoms with van der Waals surface area (Å²) in [6, 6.07) is 7.86. The van der Waals surface area contributed by atoms with E-state index in [1.807, 2.05) is 24.3 Å². The highest BCUT2D eigenvalue weighted by atomic mass is 32.2. The fourth-order valence-electron chi connectivity index (χ4n) is 4.05. The van der Waals surface area contributed by atoms with Crippen LogP contribution in [0.2, 0.25) is 0 Å². The Bertz CT molecular complexity index is 1020. The predicted molar refractivity (Wildman–Crippen MR) is 115 cm³/mol. The first-order chi connectivity index (χ1) is 14.8. The van der Waals surface area contributed by atoms with E-state index in [-0.39, 0.29) is 11.9 Å². The first-order valence-corrected chi connectivity index (χ1v) is 11.4. The van der Waals surface area contributed by atoms with E-state index >= 15 is 0 Å². The molecule has 2 aliphatic heterocycles. The number of thioether (sulfide) groups is 1. The van der Waals surface area contributed by atoms with Gasteiger partial charge in [0, 0.05) is 42.4 Å². The number of nitrogens with one attached hydrogen (secondary N) is 1. The second-order valence-electron chi connectivity index (χ2n) is 7.59. The van der Waals surface area contributed by atoms with Crippen molar-refractivity contribution in [1.82, 2.24) is 19.7 Å². The number of morpholine rings is 1. The number of ether oxygens (including phenoxy) is 2. The Labute approximate surface area is 178 Å². The molecule has 0 saturated carbocycles. The highest BCUT2D eigenvalue weighted by Gasteiger charge is 2.25. The summed E-state index contributed by atoms with van der Waals surface area (Å²) in [7, 11) is 0. The maximum Gasteiger partial charge on any atom is 0.228 e. The number of anilines is 1. The molecule has 3 aromatic rings. The van der Waals surface area contributed by atoms with Gasteiger partial charge in [-0.15, -0.1) is 10.2 Å². The fourth-order valence-corrected chi connectivity index (χ4v) is 4.87. The van der Waals surface area contributed by atoms with Crippen molar-refractivity contribution in [2.75, 3.05) is 43.6 Å². The highest BCUT2D eigenvalue weighted by Crippen LogP contribution is 2.27. The molecular formula is C21H25N5O3S. The van der Waals surface area contributed by atoms with E-state index in [1.54, 1.807) is 6.20 Å². The van der Waals surface area contributed by atoms with Crippen LogP contribution in [-0.4, -0.2) is 70.3 Å². The number of nitrogens with zero attached hydrogens (tertiary/aromatic N) is 4. The summed E-state index contributed by atoms with van der Waals surface area (Å²) in [5.74, 6) is 1.24. The summed E-state index contributed by atoms with van der Waals surface area (Å²) in [5.41, 5.74) is 1.69. The monoisotopic (exact) mass is 427 g/mol. The standard InChI is InChI=1S/C21H25N5O3S/c27-19(17-12-22-18-6-2-1-5-16(17)18)14-30-21-24-23-20(25-7-10-28-11-8-25)26(21)13-15-4-3-9-29-15/h1-2,5-6,12,15,22H,3-4,7-11,13-14H2/t15-/m0/s1. The summed E-state index contributed by atoms with van der Waals surface area (Å²) in [4.78, 5) is 18.3. The molecule has 0 radical (unpaired) electrons. The summed E-state index contributed by atoms with van der Waals surface area (Å²) in [6.45, 7) is 4.48. The minimum absolute atomic E-state index is 0.0806. The lowest BCUT2D eigenvalue weighted by atomic mass is 10.1. The average Bonchev–Trinajstić information content (AvgIpc) is 3.53. The maximum atomic E-state index is 12.9. The minimum atomic E-state index is 0.0806. The van der Waals surface area contributed by atoms with Crippen molar-refractivity contribution in [3.8, 4) is 0 Å². The number of Topliss-reactive ketones (excluding diaryl/α,β-unsaturated/α-hetero) is 1. The minimum Gasteiger partial charge on any atom is -0.378 e. The highest BCUT2D eigenvalue weighted by molar-refractivity contribution is 7.99. The first kappa shape index (κ1) is 19.6. The number of para-hydroxylation sites is 1. The lowest BCUT2D eigenvalue weighted by Crippen LogP contribution is -2.38. The Morgan fingerprint density at radius 2 is 2.07 bits per heavy atom. The quantitative estimate of drug-likeness (QED) is 0.458. The number of H-pyrrole nitrogens is 1. The summed E-state index contributed by atoms with van der Waals surface area (Å²) in [5, 5.41) is 10.6. The van der Waals surface area contributed by atoms with E-state index in [4.69, 9.17) is 9.47 Å². The Balaban J connectivity index is 1.35. The summed E-state index contributed by atoms with van der Waals surface area (Å²) >= 11 is 1.44. The van der Waals surface area contributed by atoms with Crippen LogP contribution in [0.25, 0.3) is 10.9 Å². The normalized spacial score (nSPS) is 19.6. The van der Waals surface area contributed by atoms with Crippen molar-refractivity contribution in [1.29, 1.82) is 0 Å². The van der Waals surface area contributed by atoms with E-state index in [0.717, 1.165) is 60.1 Å². The van der Waals surface area contributed by atoms with Crippen molar-refractivity contribution in [2.45, 2.75) is 30.6 Å². The molecular weight excluding hydrogens is 402 g/mol. The molecule has 0 amide bonds. The van der Waals surface area contributed by atoms with Crippen LogP contribution < -0.4 is 4.90 Å². The molecule has 1 N–H and O–H groups in total. The van der Waals surface area contributed by atoms with Gasteiger partial charge < -0.3 is 19.4 Å². The van der Waals surface area contributed by atoms with Crippen molar-refractivity contribution in [3.63, 3.8) is 0 Å². The number of hydrogen-bond donors (Lipinski definition) is 1. The summed E-state index contributed by atoms with van der Waals surface area (Å²) in [6.07, 6.45) is 4.09. The molecule has 9 heteroatoms. The molecule has 2 aliphatic rings. The zero-order valence-corrected chi connectivity index (χ0v) is 17.6. The number of carbonyl (C=O) groups excluding carboxylic acids is 1. The zero-order valence-electron chi connectivity index (χ0n) is 16.7. The van der Waals surface area contributed by atoms with E-state index in [0.29, 0.717) is 25.5 Å². The van der Waals surface area contributed by atoms with E-state index in [9.17, 15) is 4.79 Å². The third kappa shape index (κ3) is 3.97. The van der Waals surface area contributed by atoms with Gasteiger partial charge in [0.15, 0.2) is 10.9 Å². The largest absolute Gasteiger partial charge is 0.378 e. The second kappa shape index (κ2) is 8.79. The zero-order chi connectivity index (χ0) is 20.3. The smallest absolute Gasteiger partial charge is 0.228 e. The number of rotatable bonds is 7. The van der Waals surface area contributed by atoms with E-state index < -0.39 is 0 Å². The first-order valence-electron chi connectivity index (χ1n) is 10.4. The molecule has 158 valence electrons. The fraction of sp³-hybridized carbons (Fsp3) is 0.476. The topological polar surface area (TPSA) is 85.3 Å². The van der Waals surface area contributed by atoms with Gasteiger partial charge in [-0.05, 0) is 18.9 Å². The molecule has 2 aromatic heterocycles. The number of fused-ring (bicyclic) bond motifs is 1. The lowest BCUT2D eigenvalue weighted by molar-refractivity contribution is 0.0942. The number of aromatic nitrogens is 4. The Kier molecular flexibility index (Phi) is 5.74. The van der Waals surface area contributed by atoms with Crippen molar-refractivity contribution >= 4 is 34.4 Å². The van der Waals surface area contributed by atoms with Gasteiger partial charge in [0.2, 0.25) is 5.95 Å². The van der Waals surface area contributed by atoms with Crippen LogP contribution in [0.15, 0.2) is 35.6 Å². The molecule has 0 spiro atoms. The van der Waals surface area contributed by atoms with Gasteiger partial charge in [-0.2, -0.15) is 0 Å². The molecule has 4 heterocycles. The molecule has 5 rings (SSSR count). The lowest BCUT2D eigenvalue weighted by Gasteiger charge is -2.28. The van der Waals surface area contributed by atoms with Crippen molar-refractivity contribution < 1.29 is 14.3 Å². The second-order valence-corrected chi connectivity index (χ2v) is 8.53. The van der Waals surface area contributed by atoms with Crippen LogP contribution in [0, 0.1) is 0 Å². The van der Waals surface area contributed by atoms with Gasteiger partial charge in [-0.3, -0.25) is 9.36 Å². The maximum absolute atomic E-state index is 12.9. The molecule has 30 heavy (non-hydrogen) atoms. The summed E-state index contributed by atoms with van der Waals surface area (Å²) < 4.78 is 13.5. The van der Waals surface area contributed by atoms with Gasteiger partial charge >= 0.3 is 0 Å². The number of ketones is 1.